The van der Waals surface area contributed by atoms with E-state index in [1.165, 1.54) is 0 Å². The molecule has 1 aromatic heterocycles. The minimum atomic E-state index is -2.21. The van der Waals surface area contributed by atoms with Gasteiger partial charge in [-0.15, -0.1) is 0 Å². The maximum atomic E-state index is 11.7. The number of hydrogen-bond donors (Lipinski definition) is 0. The van der Waals surface area contributed by atoms with E-state index < -0.39 is 43.2 Å². The number of rotatable bonds is 11. The van der Waals surface area contributed by atoms with Crippen LogP contribution in [0.5, 0.6) is 0 Å². The Bertz CT molecular complexity index is 1050. The zero-order valence-electron chi connectivity index (χ0n) is 28.3. The van der Waals surface area contributed by atoms with E-state index in [1.807, 2.05) is 0 Å². The summed E-state index contributed by atoms with van der Waals surface area (Å²) in [4.78, 5) is 11.7. The summed E-state index contributed by atoms with van der Waals surface area (Å²) in [5.74, 6) is 0.0214. The summed E-state index contributed by atoms with van der Waals surface area (Å²) in [5.41, 5.74) is 0. The molecular formula is C29H57BrO8Si3. The summed E-state index contributed by atoms with van der Waals surface area (Å²) in [7, 11) is -6.48. The van der Waals surface area contributed by atoms with Crippen molar-refractivity contribution in [2.24, 2.45) is 0 Å². The maximum absolute atomic E-state index is 11.7. The quantitative estimate of drug-likeness (QED) is 0.168. The fraction of sp³-hybridized carbons (Fsp3) is 0.897. The van der Waals surface area contributed by atoms with E-state index in [0.717, 1.165) is 0 Å². The normalized spacial score (nSPS) is 23.7. The van der Waals surface area contributed by atoms with Gasteiger partial charge in [-0.05, 0) is 54.4 Å². The molecule has 0 spiro atoms. The zero-order valence-corrected chi connectivity index (χ0v) is 32.9. The Hall–Kier alpha value is -0.0594. The molecular weight excluding hydrogens is 640 g/mol. The van der Waals surface area contributed by atoms with Gasteiger partial charge in [0.25, 0.3) is 0 Å². The molecule has 1 fully saturated rings. The smallest absolute Gasteiger partial charge is 0.414 e. The predicted molar refractivity (Wildman–Crippen MR) is 175 cm³/mol. The molecule has 1 aliphatic heterocycles. The van der Waals surface area contributed by atoms with Crippen LogP contribution in [0.4, 0.5) is 0 Å². The van der Waals surface area contributed by atoms with Crippen LogP contribution in [0.25, 0.3) is 0 Å². The van der Waals surface area contributed by atoms with Crippen molar-refractivity contribution in [3.63, 3.8) is 0 Å². The van der Waals surface area contributed by atoms with Gasteiger partial charge in [0, 0.05) is 6.42 Å². The van der Waals surface area contributed by atoms with Crippen LogP contribution in [0, 0.1) is 0 Å². The van der Waals surface area contributed by atoms with Crippen LogP contribution in [0.2, 0.25) is 54.4 Å². The summed E-state index contributed by atoms with van der Waals surface area (Å²) >= 11 is 3.34. The van der Waals surface area contributed by atoms with Crippen LogP contribution in [-0.2, 0) is 34.7 Å². The third-order valence-corrected chi connectivity index (χ3v) is 23.6. The summed E-state index contributed by atoms with van der Waals surface area (Å²) in [6.07, 6.45) is -1.05. The molecule has 0 amide bonds. The van der Waals surface area contributed by atoms with Crippen molar-refractivity contribution in [3.05, 3.63) is 22.1 Å². The highest BCUT2D eigenvalue weighted by molar-refractivity contribution is 9.08. The fourth-order valence-electron chi connectivity index (χ4n) is 3.69. The topological polar surface area (TPSA) is 89.5 Å². The van der Waals surface area contributed by atoms with E-state index in [0.29, 0.717) is 29.9 Å². The first-order valence-electron chi connectivity index (χ1n) is 14.8. The van der Waals surface area contributed by atoms with Crippen LogP contribution in [0.3, 0.4) is 0 Å². The van der Waals surface area contributed by atoms with Gasteiger partial charge >= 0.3 is 5.82 Å². The van der Waals surface area contributed by atoms with E-state index in [-0.39, 0.29) is 33.9 Å². The molecule has 0 aliphatic carbocycles. The van der Waals surface area contributed by atoms with Crippen LogP contribution < -0.4 is 5.82 Å². The maximum Gasteiger partial charge on any atom is 0.519 e. The van der Waals surface area contributed by atoms with Gasteiger partial charge in [-0.1, -0.05) is 78.2 Å². The number of hydrogen-bond acceptors (Lipinski definition) is 8. The molecule has 41 heavy (non-hydrogen) atoms. The Labute approximate surface area is 260 Å². The van der Waals surface area contributed by atoms with Gasteiger partial charge in [0.1, 0.15) is 12.7 Å². The SMILES string of the molecule is CC(C)(C)[Si](C)(C)OCC1OC(OCc2oc(=O)oc2CBr)CC(O[Si](C)(C)C(C)(C)C)C1O[Si](C)(C)C(C)(C)C. The van der Waals surface area contributed by atoms with E-state index >= 15 is 0 Å². The van der Waals surface area contributed by atoms with E-state index in [2.05, 4.69) is 118 Å². The summed E-state index contributed by atoms with van der Waals surface area (Å²) in [5, 5.41) is 0.430. The molecule has 4 unspecified atom stereocenters. The summed E-state index contributed by atoms with van der Waals surface area (Å²) in [6.45, 7) is 34.2. The molecule has 12 heteroatoms. The lowest BCUT2D eigenvalue weighted by atomic mass is 10.0. The predicted octanol–water partition coefficient (Wildman–Crippen LogP) is 8.56. The van der Waals surface area contributed by atoms with E-state index in [9.17, 15) is 4.79 Å². The lowest BCUT2D eigenvalue weighted by molar-refractivity contribution is -0.255. The van der Waals surface area contributed by atoms with Gasteiger partial charge in [-0.25, -0.2) is 4.79 Å². The van der Waals surface area contributed by atoms with Crippen LogP contribution in [0.15, 0.2) is 13.6 Å². The minimum absolute atomic E-state index is 0.0115. The first-order chi connectivity index (χ1) is 18.3. The molecule has 2 rings (SSSR count). The first-order valence-corrected chi connectivity index (χ1v) is 24.6. The van der Waals surface area contributed by atoms with Crippen molar-refractivity contribution in [3.8, 4) is 0 Å². The highest BCUT2D eigenvalue weighted by Crippen LogP contribution is 2.44. The molecule has 2 heterocycles. The fourth-order valence-corrected chi connectivity index (χ4v) is 7.81. The van der Waals surface area contributed by atoms with Crippen molar-refractivity contribution in [2.75, 3.05) is 6.61 Å². The number of ether oxygens (including phenoxy) is 2. The van der Waals surface area contributed by atoms with Crippen molar-refractivity contribution in [1.29, 1.82) is 0 Å². The molecule has 240 valence electrons. The van der Waals surface area contributed by atoms with Crippen LogP contribution in [-0.4, -0.2) is 56.2 Å². The average Bonchev–Trinajstić information content (AvgIpc) is 3.15. The monoisotopic (exact) mass is 696 g/mol. The average molecular weight is 698 g/mol. The van der Waals surface area contributed by atoms with Crippen LogP contribution in [0.1, 0.15) is 80.3 Å². The van der Waals surface area contributed by atoms with Crippen molar-refractivity contribution < 1.29 is 31.6 Å². The molecule has 0 saturated carbocycles. The molecule has 1 aromatic rings. The van der Waals surface area contributed by atoms with Crippen molar-refractivity contribution in [2.45, 2.75) is 160 Å². The molecule has 1 saturated heterocycles. The Kier molecular flexibility index (Phi) is 11.9. The molecule has 0 aromatic carbocycles. The summed E-state index contributed by atoms with van der Waals surface area (Å²) in [6, 6.07) is 0. The second-order valence-electron chi connectivity index (χ2n) is 15.9. The van der Waals surface area contributed by atoms with Crippen molar-refractivity contribution in [1.82, 2.24) is 0 Å². The number of alkyl halides is 1. The van der Waals surface area contributed by atoms with Gasteiger partial charge in [0.05, 0.1) is 24.1 Å². The molecule has 4 atom stereocenters. The van der Waals surface area contributed by atoms with Gasteiger partial charge in [-0.2, -0.15) is 0 Å². The second kappa shape index (κ2) is 13.1. The molecule has 8 nitrogen and oxygen atoms in total. The van der Waals surface area contributed by atoms with Gasteiger partial charge < -0.3 is 31.6 Å². The molecule has 1 aliphatic rings. The Morgan fingerprint density at radius 1 is 0.780 bits per heavy atom. The number of halogens is 1. The molecule has 0 N–H and O–H groups in total. The Balaban J connectivity index is 2.48. The zero-order chi connectivity index (χ0) is 31.8. The van der Waals surface area contributed by atoms with Gasteiger partial charge in [0.15, 0.2) is 42.8 Å². The summed E-state index contributed by atoms with van der Waals surface area (Å²) < 4.78 is 44.2. The van der Waals surface area contributed by atoms with Gasteiger partial charge in [-0.3, -0.25) is 0 Å². The van der Waals surface area contributed by atoms with E-state index in [1.54, 1.807) is 0 Å². The largest absolute Gasteiger partial charge is 0.519 e. The molecule has 0 radical (unpaired) electrons. The minimum Gasteiger partial charge on any atom is -0.414 e. The van der Waals surface area contributed by atoms with Crippen LogP contribution >= 0.6 is 15.9 Å². The Morgan fingerprint density at radius 2 is 1.27 bits per heavy atom. The second-order valence-corrected chi connectivity index (χ2v) is 30.8. The lowest BCUT2D eigenvalue weighted by Gasteiger charge is -2.50. The standard InChI is InChI=1S/C29H57BrO8Si3/c1-27(2,3)39(10,11)33-19-23-25(38-41(14,15)29(7,8)9)20(37-40(12,13)28(4,5)6)16-24(34-23)32-18-22-21(17-30)35-26(31)36-22/h20,23-25H,16-19H2,1-15H3. The highest BCUT2D eigenvalue weighted by atomic mass is 79.9. The van der Waals surface area contributed by atoms with E-state index in [4.69, 9.17) is 31.6 Å². The Morgan fingerprint density at radius 3 is 1.76 bits per heavy atom. The highest BCUT2D eigenvalue weighted by Gasteiger charge is 2.51. The third kappa shape index (κ3) is 9.46. The van der Waals surface area contributed by atoms with Crippen molar-refractivity contribution >= 4 is 40.9 Å². The molecule has 0 bridgehead atoms. The van der Waals surface area contributed by atoms with Gasteiger partial charge in [0.2, 0.25) is 0 Å². The third-order valence-electron chi connectivity index (χ3n) is 9.63. The first kappa shape index (κ1) is 37.1. The lowest BCUT2D eigenvalue weighted by Crippen LogP contribution is -2.61.